The molecule has 12 nitrogen and oxygen atoms in total. The molecule has 47 heavy (non-hydrogen) atoms. The lowest BCUT2D eigenvalue weighted by molar-refractivity contribution is 0.00706. The molecular weight excluding hydrogens is 648 g/mol. The van der Waals surface area contributed by atoms with Gasteiger partial charge in [0.25, 0.3) is 22.0 Å². The molecule has 242 valence electrons. The first-order valence-electron chi connectivity index (χ1n) is 14.8. The number of hydrogen-bond donors (Lipinski definition) is 4. The van der Waals surface area contributed by atoms with Crippen molar-refractivity contribution in [2.24, 2.45) is 0 Å². The fraction of sp³-hybridized carbons (Fsp3) is 0.242. The second-order valence-electron chi connectivity index (χ2n) is 11.3. The van der Waals surface area contributed by atoms with Crippen LogP contribution in [-0.2, 0) is 26.0 Å². The molecule has 5 aromatic rings. The highest BCUT2D eigenvalue weighted by Gasteiger charge is 2.48. The molecule has 0 bridgehead atoms. The number of halogens is 1. The number of rotatable bonds is 9. The van der Waals surface area contributed by atoms with Gasteiger partial charge in [0, 0.05) is 17.7 Å². The molecule has 2 saturated heterocycles. The van der Waals surface area contributed by atoms with E-state index < -0.39 is 28.4 Å². The van der Waals surface area contributed by atoms with Gasteiger partial charge in [-0.2, -0.15) is 13.4 Å². The number of imidazole rings is 1. The van der Waals surface area contributed by atoms with Crippen LogP contribution in [0.3, 0.4) is 0 Å². The van der Waals surface area contributed by atoms with E-state index in [0.717, 1.165) is 22.3 Å². The first kappa shape index (κ1) is 31.2. The van der Waals surface area contributed by atoms with Crippen LogP contribution in [0.2, 0.25) is 5.02 Å². The van der Waals surface area contributed by atoms with Crippen molar-refractivity contribution < 1.29 is 37.1 Å². The maximum Gasteiger partial charge on any atom is 0.296 e. The Morgan fingerprint density at radius 2 is 1.60 bits per heavy atom. The number of nitrogens with one attached hydrogen (secondary N) is 2. The largest absolute Gasteiger partial charge is 0.456 e. The third-order valence-corrected chi connectivity index (χ3v) is 9.36. The van der Waals surface area contributed by atoms with Gasteiger partial charge >= 0.3 is 0 Å². The molecule has 0 saturated carbocycles. The molecule has 2 aromatic heterocycles. The zero-order valence-electron chi connectivity index (χ0n) is 24.7. The van der Waals surface area contributed by atoms with Crippen molar-refractivity contribution in [2.75, 3.05) is 19.8 Å². The predicted octanol–water partition coefficient (Wildman–Crippen LogP) is 4.07. The van der Waals surface area contributed by atoms with E-state index in [1.807, 2.05) is 36.4 Å². The number of ether oxygens (including phenoxy) is 3. The van der Waals surface area contributed by atoms with E-state index >= 15 is 0 Å². The number of benzene rings is 3. The van der Waals surface area contributed by atoms with Gasteiger partial charge in [0.15, 0.2) is 11.8 Å². The normalized spacial score (nSPS) is 20.7. The van der Waals surface area contributed by atoms with E-state index in [1.165, 1.54) is 12.1 Å². The fourth-order valence-electron chi connectivity index (χ4n) is 5.73. The Hall–Kier alpha value is -4.37. The summed E-state index contributed by atoms with van der Waals surface area (Å²) < 4.78 is 48.7. The maximum absolute atomic E-state index is 12.7. The van der Waals surface area contributed by atoms with Gasteiger partial charge in [-0.3, -0.25) is 9.35 Å². The van der Waals surface area contributed by atoms with Crippen LogP contribution in [0.5, 0.6) is 6.01 Å². The summed E-state index contributed by atoms with van der Waals surface area (Å²) >= 11 is 6.62. The quantitative estimate of drug-likeness (QED) is 0.167. The van der Waals surface area contributed by atoms with Crippen LogP contribution in [0.4, 0.5) is 0 Å². The number of pyridine rings is 1. The summed E-state index contributed by atoms with van der Waals surface area (Å²) in [7, 11) is -4.24. The standard InChI is InChI=1S/C33H29ClN4O8S/c34-24-15-25-31(38-33(36-25)46-27-17-45-29-26(39)16-44-30(27)29)37-28(24)21-7-3-19(4-8-21)20-5-9-22(10-6-20)32(40)35-14-13-18-1-11-23(12-2-18)47(41,42)43/h1-12,15,26-27,29-30,39H,13-14,16-17H2,(H,35,40)(H,36,37,38)(H,41,42,43)/t26-,27-,29-,30-/m1/s1. The minimum atomic E-state index is -4.24. The molecule has 2 aliphatic heterocycles. The molecule has 4 heterocycles. The van der Waals surface area contributed by atoms with E-state index in [4.69, 9.17) is 30.4 Å². The predicted molar refractivity (Wildman–Crippen MR) is 172 cm³/mol. The average Bonchev–Trinajstić information content (AvgIpc) is 3.76. The number of aliphatic hydroxyl groups is 1. The highest BCUT2D eigenvalue weighted by atomic mass is 35.5. The number of amides is 1. The van der Waals surface area contributed by atoms with E-state index in [1.54, 1.807) is 30.3 Å². The first-order valence-corrected chi connectivity index (χ1v) is 16.6. The number of aromatic nitrogens is 3. The van der Waals surface area contributed by atoms with Crippen LogP contribution < -0.4 is 10.1 Å². The zero-order valence-corrected chi connectivity index (χ0v) is 26.2. The minimum absolute atomic E-state index is 0.173. The van der Waals surface area contributed by atoms with Gasteiger partial charge in [-0.05, 0) is 53.4 Å². The molecule has 2 fully saturated rings. The Balaban J connectivity index is 0.975. The van der Waals surface area contributed by atoms with Crippen molar-refractivity contribution in [1.82, 2.24) is 20.3 Å². The van der Waals surface area contributed by atoms with Crippen molar-refractivity contribution in [1.29, 1.82) is 0 Å². The lowest BCUT2D eigenvalue weighted by Crippen LogP contribution is -2.34. The van der Waals surface area contributed by atoms with E-state index in [9.17, 15) is 18.3 Å². The number of hydrogen-bond acceptors (Lipinski definition) is 9. The number of aliphatic hydroxyl groups excluding tert-OH is 1. The summed E-state index contributed by atoms with van der Waals surface area (Å²) in [6.07, 6.45) is -1.34. The summed E-state index contributed by atoms with van der Waals surface area (Å²) in [5.41, 5.74) is 5.62. The molecular formula is C33H29ClN4O8S. The van der Waals surface area contributed by atoms with Crippen LogP contribution in [0.25, 0.3) is 33.5 Å². The third kappa shape index (κ3) is 6.59. The Morgan fingerprint density at radius 3 is 2.30 bits per heavy atom. The molecule has 0 radical (unpaired) electrons. The van der Waals surface area contributed by atoms with Gasteiger partial charge in [-0.1, -0.05) is 60.1 Å². The SMILES string of the molecule is O=C(NCCc1ccc(S(=O)(=O)O)cc1)c1ccc(-c2ccc(-c3nc4nc(O[C@@H]5CO[C@H]6[C@@H]5OC[C@H]6O)[nH]c4cc3Cl)cc2)cc1. The van der Waals surface area contributed by atoms with Crippen LogP contribution in [-0.4, -0.2) is 83.1 Å². The average molecular weight is 677 g/mol. The van der Waals surface area contributed by atoms with Crippen molar-refractivity contribution in [3.05, 3.63) is 95.0 Å². The number of carbonyl (C=O) groups is 1. The Bertz CT molecular complexity index is 2040. The summed E-state index contributed by atoms with van der Waals surface area (Å²) in [6.45, 7) is 0.854. The van der Waals surface area contributed by atoms with E-state index in [0.29, 0.717) is 40.4 Å². The number of H-pyrrole nitrogens is 1. The molecule has 4 atom stereocenters. The smallest absolute Gasteiger partial charge is 0.296 e. The van der Waals surface area contributed by atoms with Crippen LogP contribution >= 0.6 is 11.6 Å². The fourth-order valence-corrected chi connectivity index (χ4v) is 6.47. The Labute approximate surface area is 274 Å². The molecule has 2 aliphatic rings. The first-order chi connectivity index (χ1) is 22.6. The highest BCUT2D eigenvalue weighted by molar-refractivity contribution is 7.85. The van der Waals surface area contributed by atoms with Gasteiger partial charge in [0.2, 0.25) is 0 Å². The van der Waals surface area contributed by atoms with Gasteiger partial charge in [-0.15, -0.1) is 0 Å². The Morgan fingerprint density at radius 1 is 0.936 bits per heavy atom. The van der Waals surface area contributed by atoms with Crippen molar-refractivity contribution >= 4 is 38.8 Å². The second-order valence-corrected chi connectivity index (χ2v) is 13.2. The maximum atomic E-state index is 12.7. The van der Waals surface area contributed by atoms with Crippen molar-refractivity contribution in [3.63, 3.8) is 0 Å². The lowest BCUT2D eigenvalue weighted by Gasteiger charge is -2.15. The highest BCUT2D eigenvalue weighted by Crippen LogP contribution is 2.33. The minimum Gasteiger partial charge on any atom is -0.456 e. The van der Waals surface area contributed by atoms with E-state index in [2.05, 4.69) is 20.3 Å². The molecule has 0 aliphatic carbocycles. The van der Waals surface area contributed by atoms with Crippen LogP contribution in [0.1, 0.15) is 15.9 Å². The number of nitrogens with zero attached hydrogens (tertiary/aromatic N) is 2. The summed E-state index contributed by atoms with van der Waals surface area (Å²) in [6, 6.07) is 22.8. The van der Waals surface area contributed by atoms with Gasteiger partial charge < -0.3 is 29.6 Å². The van der Waals surface area contributed by atoms with Crippen LogP contribution in [0, 0.1) is 0 Å². The topological polar surface area (TPSA) is 173 Å². The van der Waals surface area contributed by atoms with Crippen molar-refractivity contribution in [2.45, 2.75) is 35.7 Å². The second kappa shape index (κ2) is 12.7. The monoisotopic (exact) mass is 676 g/mol. The van der Waals surface area contributed by atoms with E-state index in [-0.39, 0.29) is 36.1 Å². The molecule has 4 N–H and O–H groups in total. The molecule has 0 unspecified atom stereocenters. The molecule has 1 amide bonds. The van der Waals surface area contributed by atoms with Gasteiger partial charge in [0.05, 0.1) is 34.3 Å². The van der Waals surface area contributed by atoms with Gasteiger partial charge in [-0.25, -0.2) is 4.98 Å². The van der Waals surface area contributed by atoms with Crippen LogP contribution in [0.15, 0.2) is 83.8 Å². The number of carbonyl (C=O) groups excluding carboxylic acids is 1. The Kier molecular flexibility index (Phi) is 8.43. The molecule has 14 heteroatoms. The summed E-state index contributed by atoms with van der Waals surface area (Å²) in [5.74, 6) is -0.226. The molecule has 7 rings (SSSR count). The van der Waals surface area contributed by atoms with Gasteiger partial charge in [0.1, 0.15) is 18.3 Å². The van der Waals surface area contributed by atoms with Crippen molar-refractivity contribution in [3.8, 4) is 28.4 Å². The third-order valence-electron chi connectivity index (χ3n) is 8.21. The number of aromatic amines is 1. The zero-order chi connectivity index (χ0) is 32.7. The molecule has 0 spiro atoms. The summed E-state index contributed by atoms with van der Waals surface area (Å²) in [5, 5.41) is 13.3. The lowest BCUT2D eigenvalue weighted by atomic mass is 10.0. The molecule has 3 aromatic carbocycles. The summed E-state index contributed by atoms with van der Waals surface area (Å²) in [4.78, 5) is 24.7. The number of fused-ring (bicyclic) bond motifs is 2.